The fourth-order valence-electron chi connectivity index (χ4n) is 3.85. The van der Waals surface area contributed by atoms with Gasteiger partial charge in [-0.15, -0.1) is 5.10 Å². The predicted molar refractivity (Wildman–Crippen MR) is 114 cm³/mol. The molecule has 0 radical (unpaired) electrons. The minimum absolute atomic E-state index is 0.0533. The second-order valence-electron chi connectivity index (χ2n) is 7.48. The zero-order valence-electron chi connectivity index (χ0n) is 17.9. The molecule has 3 heterocycles. The molecule has 1 saturated carbocycles. The van der Waals surface area contributed by atoms with Gasteiger partial charge >= 0.3 is 5.69 Å². The molecule has 0 bridgehead atoms. The summed E-state index contributed by atoms with van der Waals surface area (Å²) in [5.41, 5.74) is 1.42. The average molecular weight is 427 g/mol. The summed E-state index contributed by atoms with van der Waals surface area (Å²) < 4.78 is 15.4. The Balaban J connectivity index is 1.73. The van der Waals surface area contributed by atoms with E-state index < -0.39 is 0 Å². The maximum atomic E-state index is 13.2. The van der Waals surface area contributed by atoms with Gasteiger partial charge in [-0.25, -0.2) is 14.2 Å². The summed E-state index contributed by atoms with van der Waals surface area (Å²) in [6.07, 6.45) is 7.65. The minimum Gasteiger partial charge on any atom is -0.481 e. The van der Waals surface area contributed by atoms with Gasteiger partial charge in [0.2, 0.25) is 11.8 Å². The van der Waals surface area contributed by atoms with Gasteiger partial charge in [0.05, 0.1) is 32.3 Å². The molecule has 11 heteroatoms. The van der Waals surface area contributed by atoms with Crippen molar-refractivity contribution in [3.8, 4) is 11.8 Å². The van der Waals surface area contributed by atoms with Crippen molar-refractivity contribution in [1.29, 1.82) is 0 Å². The molecule has 1 aliphatic rings. The van der Waals surface area contributed by atoms with Crippen LogP contribution >= 0.6 is 0 Å². The van der Waals surface area contributed by atoms with E-state index in [0.717, 1.165) is 0 Å². The molecule has 164 valence electrons. The molecular formula is C20H25N7O4. The largest absolute Gasteiger partial charge is 0.481 e. The zero-order valence-corrected chi connectivity index (χ0v) is 17.9. The summed E-state index contributed by atoms with van der Waals surface area (Å²) in [4.78, 5) is 31.1. The molecule has 0 aliphatic heterocycles. The van der Waals surface area contributed by atoms with Gasteiger partial charge in [-0.2, -0.15) is 0 Å². The third-order valence-electron chi connectivity index (χ3n) is 5.67. The van der Waals surface area contributed by atoms with Crippen molar-refractivity contribution in [3.05, 3.63) is 41.7 Å². The summed E-state index contributed by atoms with van der Waals surface area (Å²) in [5, 5.41) is 7.52. The lowest BCUT2D eigenvalue weighted by Gasteiger charge is -2.41. The van der Waals surface area contributed by atoms with Gasteiger partial charge in [0.15, 0.2) is 5.65 Å². The number of carbonyl (C=O) groups is 1. The van der Waals surface area contributed by atoms with Crippen LogP contribution in [0.5, 0.6) is 11.8 Å². The Morgan fingerprint density at radius 1 is 1.29 bits per heavy atom. The number of nitrogens with zero attached hydrogens (tertiary/aromatic N) is 6. The number of hydrogen-bond donors (Lipinski definition) is 1. The number of amides is 1. The first-order valence-corrected chi connectivity index (χ1v) is 9.78. The zero-order chi connectivity index (χ0) is 22.3. The Bertz CT molecular complexity index is 1200. The van der Waals surface area contributed by atoms with E-state index in [1.807, 2.05) is 0 Å². The van der Waals surface area contributed by atoms with Crippen LogP contribution in [-0.2, 0) is 11.8 Å². The van der Waals surface area contributed by atoms with Crippen LogP contribution in [0.15, 0.2) is 36.0 Å². The first-order valence-electron chi connectivity index (χ1n) is 9.78. The fraction of sp³-hybridized carbons (Fsp3) is 0.400. The Hall–Kier alpha value is -3.76. The molecule has 0 atom stereocenters. The normalized spacial score (nSPS) is 17.8. The van der Waals surface area contributed by atoms with Gasteiger partial charge < -0.3 is 19.7 Å². The number of aryl methyl sites for hydroxylation is 1. The lowest BCUT2D eigenvalue weighted by atomic mass is 9.85. The van der Waals surface area contributed by atoms with Crippen LogP contribution in [0.4, 0.5) is 11.4 Å². The van der Waals surface area contributed by atoms with Crippen LogP contribution in [-0.4, -0.2) is 61.8 Å². The highest BCUT2D eigenvalue weighted by atomic mass is 16.5. The maximum Gasteiger partial charge on any atom is 0.337 e. The number of fused-ring (bicyclic) bond motifs is 1. The number of imidazole rings is 1. The summed E-state index contributed by atoms with van der Waals surface area (Å²) >= 11 is 0. The van der Waals surface area contributed by atoms with Gasteiger partial charge in [0.25, 0.3) is 5.88 Å². The van der Waals surface area contributed by atoms with Crippen LogP contribution in [0.2, 0.25) is 0 Å². The van der Waals surface area contributed by atoms with Crippen molar-refractivity contribution < 1.29 is 14.3 Å². The second-order valence-corrected chi connectivity index (χ2v) is 7.48. The third kappa shape index (κ3) is 3.41. The Morgan fingerprint density at radius 2 is 2.03 bits per heavy atom. The molecule has 1 aliphatic carbocycles. The van der Waals surface area contributed by atoms with Crippen molar-refractivity contribution in [2.24, 2.45) is 7.05 Å². The molecule has 4 rings (SSSR count). The van der Waals surface area contributed by atoms with E-state index in [1.165, 1.54) is 30.9 Å². The second kappa shape index (κ2) is 7.82. The third-order valence-corrected chi connectivity index (χ3v) is 5.67. The molecule has 1 amide bonds. The fourth-order valence-corrected chi connectivity index (χ4v) is 3.85. The molecule has 31 heavy (non-hydrogen) atoms. The number of anilines is 2. The van der Waals surface area contributed by atoms with Gasteiger partial charge in [-0.05, 0) is 18.9 Å². The first kappa shape index (κ1) is 20.5. The number of nitrogens with one attached hydrogen (secondary N) is 1. The molecule has 0 spiro atoms. The van der Waals surface area contributed by atoms with Gasteiger partial charge in [-0.3, -0.25) is 14.0 Å². The van der Waals surface area contributed by atoms with Crippen LogP contribution in [0.1, 0.15) is 18.9 Å². The van der Waals surface area contributed by atoms with Crippen molar-refractivity contribution >= 4 is 22.9 Å². The molecule has 1 N–H and O–H groups in total. The summed E-state index contributed by atoms with van der Waals surface area (Å²) in [6.45, 7) is 3.53. The van der Waals surface area contributed by atoms with E-state index in [4.69, 9.17) is 9.47 Å². The molecular weight excluding hydrogens is 402 g/mol. The molecule has 1 fully saturated rings. The van der Waals surface area contributed by atoms with E-state index in [1.54, 1.807) is 40.6 Å². The summed E-state index contributed by atoms with van der Waals surface area (Å²) in [6, 6.07) is -0.0111. The number of carbonyl (C=O) groups excluding carboxylic acids is 1. The van der Waals surface area contributed by atoms with Crippen LogP contribution in [0, 0.1) is 0 Å². The topological polar surface area (TPSA) is 108 Å². The molecule has 0 unspecified atom stereocenters. The van der Waals surface area contributed by atoms with Crippen molar-refractivity contribution in [2.45, 2.75) is 24.9 Å². The van der Waals surface area contributed by atoms with E-state index in [2.05, 4.69) is 22.0 Å². The Kier molecular flexibility index (Phi) is 5.17. The number of likely N-dealkylation sites (N-methyl/N-ethyl adjacent to an activating group) is 1. The maximum absolute atomic E-state index is 13.2. The van der Waals surface area contributed by atoms with Crippen LogP contribution < -0.4 is 20.5 Å². The van der Waals surface area contributed by atoms with E-state index in [0.29, 0.717) is 41.6 Å². The molecule has 0 aromatic carbocycles. The monoisotopic (exact) mass is 427 g/mol. The molecule has 11 nitrogen and oxygen atoms in total. The summed E-state index contributed by atoms with van der Waals surface area (Å²) in [7, 11) is 6.57. The van der Waals surface area contributed by atoms with Crippen LogP contribution in [0.25, 0.3) is 5.65 Å². The van der Waals surface area contributed by atoms with E-state index in [9.17, 15) is 9.59 Å². The van der Waals surface area contributed by atoms with E-state index in [-0.39, 0.29) is 23.7 Å². The average Bonchev–Trinajstić information content (AvgIpc) is 3.32. The first-order chi connectivity index (χ1) is 14.9. The highest BCUT2D eigenvalue weighted by Crippen LogP contribution is 2.36. The standard InChI is InChI=1S/C20H25N7O4/c1-6-16(28)25(3)12-7-13(8-12)26-11-14(22-15-10-24(2)23-19(15)31-5)18-21-9-17(30-4)27(18)20(26)29/h6,9-13,22H,1,7-8H2,2-5H3. The lowest BCUT2D eigenvalue weighted by molar-refractivity contribution is -0.129. The van der Waals surface area contributed by atoms with Crippen molar-refractivity contribution in [2.75, 3.05) is 26.6 Å². The molecule has 0 saturated heterocycles. The van der Waals surface area contributed by atoms with E-state index >= 15 is 0 Å². The quantitative estimate of drug-likeness (QED) is 0.567. The number of aromatic nitrogens is 5. The number of methoxy groups -OCH3 is 2. The highest BCUT2D eigenvalue weighted by molar-refractivity contribution is 5.87. The van der Waals surface area contributed by atoms with Gasteiger partial charge in [0, 0.05) is 32.4 Å². The van der Waals surface area contributed by atoms with Crippen molar-refractivity contribution in [1.82, 2.24) is 28.6 Å². The molecule has 3 aromatic rings. The predicted octanol–water partition coefficient (Wildman–Crippen LogP) is 1.34. The van der Waals surface area contributed by atoms with Crippen LogP contribution in [0.3, 0.4) is 0 Å². The lowest BCUT2D eigenvalue weighted by Crippen LogP contribution is -2.48. The number of ether oxygens (including phenoxy) is 2. The SMILES string of the molecule is C=CC(=O)N(C)C1CC(n2cc(Nc3cn(C)nc3OC)c3ncc(OC)n3c2=O)C1. The summed E-state index contributed by atoms with van der Waals surface area (Å²) in [5.74, 6) is 0.629. The van der Waals surface area contributed by atoms with Gasteiger partial charge in [0.1, 0.15) is 5.69 Å². The minimum atomic E-state index is -0.255. The smallest absolute Gasteiger partial charge is 0.337 e. The van der Waals surface area contributed by atoms with Crippen molar-refractivity contribution in [3.63, 3.8) is 0 Å². The van der Waals surface area contributed by atoms with Gasteiger partial charge in [-0.1, -0.05) is 6.58 Å². The molecule has 3 aromatic heterocycles. The number of hydrogen-bond acceptors (Lipinski definition) is 7. The Morgan fingerprint density at radius 3 is 2.68 bits per heavy atom. The Labute approximate surface area is 178 Å². The highest BCUT2D eigenvalue weighted by Gasteiger charge is 2.36. The number of rotatable bonds is 7.